The average molecular weight is 291 g/mol. The second-order valence-electron chi connectivity index (χ2n) is 5.28. The molecule has 0 saturated heterocycles. The lowest BCUT2D eigenvalue weighted by Gasteiger charge is -2.24. The molecule has 0 spiro atoms. The molecule has 1 atom stereocenters. The Balaban J connectivity index is 2.12. The largest absolute Gasteiger partial charge is 0.493 e. The van der Waals surface area contributed by atoms with Crippen molar-refractivity contribution in [1.82, 2.24) is 0 Å². The zero-order valence-corrected chi connectivity index (χ0v) is 13.0. The van der Waals surface area contributed by atoms with E-state index in [0.29, 0.717) is 0 Å². The van der Waals surface area contributed by atoms with Crippen LogP contribution < -0.4 is 15.2 Å². The van der Waals surface area contributed by atoms with Gasteiger partial charge in [-0.05, 0) is 48.9 Å². The number of hydrogen-bond acceptors (Lipinski definition) is 4. The molecule has 20 heavy (non-hydrogen) atoms. The fourth-order valence-electron chi connectivity index (χ4n) is 2.33. The summed E-state index contributed by atoms with van der Waals surface area (Å²) in [5, 5.41) is 2.09. The van der Waals surface area contributed by atoms with E-state index in [9.17, 15) is 0 Å². The molecule has 3 nitrogen and oxygen atoms in total. The highest BCUT2D eigenvalue weighted by Crippen LogP contribution is 2.29. The van der Waals surface area contributed by atoms with E-state index in [1.54, 1.807) is 25.6 Å². The third kappa shape index (κ3) is 3.74. The van der Waals surface area contributed by atoms with Gasteiger partial charge in [0, 0.05) is 10.4 Å². The Bertz CT molecular complexity index is 550. The number of rotatable bonds is 6. The van der Waals surface area contributed by atoms with Crippen molar-refractivity contribution >= 4 is 11.3 Å². The quantitative estimate of drug-likeness (QED) is 0.888. The summed E-state index contributed by atoms with van der Waals surface area (Å²) >= 11 is 1.75. The van der Waals surface area contributed by atoms with Crippen LogP contribution in [0.15, 0.2) is 35.7 Å². The first-order valence-electron chi connectivity index (χ1n) is 6.56. The first-order chi connectivity index (χ1) is 9.54. The van der Waals surface area contributed by atoms with Crippen LogP contribution in [0.4, 0.5) is 0 Å². The summed E-state index contributed by atoms with van der Waals surface area (Å²) < 4.78 is 10.6. The molecule has 1 aromatic heterocycles. The number of methoxy groups -OCH3 is 2. The van der Waals surface area contributed by atoms with E-state index < -0.39 is 0 Å². The SMILES string of the molecule is COc1ccc(CC(C)(N)Cc2cccs2)cc1OC. The van der Waals surface area contributed by atoms with Crippen LogP contribution in [0.25, 0.3) is 0 Å². The molecular weight excluding hydrogens is 270 g/mol. The molecule has 0 aliphatic rings. The lowest BCUT2D eigenvalue weighted by molar-refractivity contribution is 0.354. The minimum absolute atomic E-state index is 0.273. The first-order valence-corrected chi connectivity index (χ1v) is 7.44. The van der Waals surface area contributed by atoms with Gasteiger partial charge in [0.25, 0.3) is 0 Å². The molecule has 1 unspecified atom stereocenters. The summed E-state index contributed by atoms with van der Waals surface area (Å²) in [5.41, 5.74) is 7.32. The van der Waals surface area contributed by atoms with Crippen LogP contribution in [-0.4, -0.2) is 19.8 Å². The van der Waals surface area contributed by atoms with Crippen molar-refractivity contribution < 1.29 is 9.47 Å². The molecule has 0 saturated carbocycles. The van der Waals surface area contributed by atoms with Gasteiger partial charge in [-0.2, -0.15) is 0 Å². The molecule has 0 aliphatic carbocycles. The Kier molecular flexibility index (Phi) is 4.68. The van der Waals surface area contributed by atoms with Crippen molar-refractivity contribution in [2.75, 3.05) is 14.2 Å². The predicted molar refractivity (Wildman–Crippen MR) is 83.9 cm³/mol. The summed E-state index contributed by atoms with van der Waals surface area (Å²) in [6.07, 6.45) is 1.67. The van der Waals surface area contributed by atoms with Crippen molar-refractivity contribution in [3.63, 3.8) is 0 Å². The molecule has 0 fully saturated rings. The number of ether oxygens (including phenoxy) is 2. The second kappa shape index (κ2) is 6.29. The molecule has 2 N–H and O–H groups in total. The van der Waals surface area contributed by atoms with Gasteiger partial charge in [0.05, 0.1) is 14.2 Å². The molecular formula is C16H21NO2S. The topological polar surface area (TPSA) is 44.5 Å². The van der Waals surface area contributed by atoms with Crippen LogP contribution in [0.1, 0.15) is 17.4 Å². The number of hydrogen-bond donors (Lipinski definition) is 1. The van der Waals surface area contributed by atoms with Gasteiger partial charge in [0.1, 0.15) is 0 Å². The van der Waals surface area contributed by atoms with E-state index in [0.717, 1.165) is 29.9 Å². The molecule has 0 aliphatic heterocycles. The summed E-state index contributed by atoms with van der Waals surface area (Å²) in [5.74, 6) is 1.49. The van der Waals surface area contributed by atoms with Gasteiger partial charge in [0.15, 0.2) is 11.5 Å². The monoisotopic (exact) mass is 291 g/mol. The molecule has 0 radical (unpaired) electrons. The normalized spacial score (nSPS) is 13.8. The highest BCUT2D eigenvalue weighted by atomic mass is 32.1. The minimum atomic E-state index is -0.273. The van der Waals surface area contributed by atoms with Crippen LogP contribution in [0.3, 0.4) is 0 Å². The summed E-state index contributed by atoms with van der Waals surface area (Å²) in [6, 6.07) is 10.2. The maximum Gasteiger partial charge on any atom is 0.160 e. The van der Waals surface area contributed by atoms with Crippen LogP contribution in [0.2, 0.25) is 0 Å². The van der Waals surface area contributed by atoms with Gasteiger partial charge in [0.2, 0.25) is 0 Å². The second-order valence-corrected chi connectivity index (χ2v) is 6.31. The zero-order valence-electron chi connectivity index (χ0n) is 12.2. The third-order valence-corrected chi connectivity index (χ3v) is 4.09. The lowest BCUT2D eigenvalue weighted by Crippen LogP contribution is -2.40. The fourth-order valence-corrected chi connectivity index (χ4v) is 3.23. The number of benzene rings is 1. The van der Waals surface area contributed by atoms with Gasteiger partial charge >= 0.3 is 0 Å². The van der Waals surface area contributed by atoms with Gasteiger partial charge in [-0.3, -0.25) is 0 Å². The van der Waals surface area contributed by atoms with Crippen molar-refractivity contribution in [2.45, 2.75) is 25.3 Å². The summed E-state index contributed by atoms with van der Waals surface area (Å²) in [6.45, 7) is 2.09. The van der Waals surface area contributed by atoms with Crippen molar-refractivity contribution in [1.29, 1.82) is 0 Å². The first kappa shape index (κ1) is 14.9. The highest BCUT2D eigenvalue weighted by molar-refractivity contribution is 7.09. The fraction of sp³-hybridized carbons (Fsp3) is 0.375. The van der Waals surface area contributed by atoms with Crippen molar-refractivity contribution in [3.05, 3.63) is 46.2 Å². The molecule has 0 bridgehead atoms. The molecule has 108 valence electrons. The third-order valence-electron chi connectivity index (χ3n) is 3.21. The molecule has 1 heterocycles. The Morgan fingerprint density at radius 1 is 1.10 bits per heavy atom. The van der Waals surface area contributed by atoms with E-state index >= 15 is 0 Å². The van der Waals surface area contributed by atoms with Gasteiger partial charge < -0.3 is 15.2 Å². The van der Waals surface area contributed by atoms with E-state index in [4.69, 9.17) is 15.2 Å². The van der Waals surface area contributed by atoms with E-state index in [-0.39, 0.29) is 5.54 Å². The van der Waals surface area contributed by atoms with Crippen molar-refractivity contribution in [2.24, 2.45) is 5.73 Å². The molecule has 0 amide bonds. The lowest BCUT2D eigenvalue weighted by atomic mass is 9.90. The van der Waals surface area contributed by atoms with Crippen LogP contribution in [0.5, 0.6) is 11.5 Å². The minimum Gasteiger partial charge on any atom is -0.493 e. The van der Waals surface area contributed by atoms with E-state index in [1.165, 1.54) is 4.88 Å². The van der Waals surface area contributed by atoms with Crippen LogP contribution >= 0.6 is 11.3 Å². The van der Waals surface area contributed by atoms with Gasteiger partial charge in [-0.1, -0.05) is 12.1 Å². The Morgan fingerprint density at radius 2 is 1.85 bits per heavy atom. The highest BCUT2D eigenvalue weighted by Gasteiger charge is 2.21. The van der Waals surface area contributed by atoms with E-state index in [2.05, 4.69) is 24.4 Å². The summed E-state index contributed by atoms with van der Waals surface area (Å²) in [4.78, 5) is 1.32. The van der Waals surface area contributed by atoms with Crippen LogP contribution in [0, 0.1) is 0 Å². The van der Waals surface area contributed by atoms with E-state index in [1.807, 2.05) is 18.2 Å². The molecule has 2 rings (SSSR count). The van der Waals surface area contributed by atoms with Crippen LogP contribution in [-0.2, 0) is 12.8 Å². The Hall–Kier alpha value is -1.52. The number of thiophene rings is 1. The Morgan fingerprint density at radius 3 is 2.45 bits per heavy atom. The average Bonchev–Trinajstić information content (AvgIpc) is 2.90. The maximum absolute atomic E-state index is 6.44. The predicted octanol–water partition coefficient (Wildman–Crippen LogP) is 3.27. The number of nitrogens with two attached hydrogens (primary N) is 1. The zero-order chi connectivity index (χ0) is 14.6. The smallest absolute Gasteiger partial charge is 0.160 e. The summed E-state index contributed by atoms with van der Waals surface area (Å²) in [7, 11) is 3.29. The molecule has 4 heteroatoms. The standard InChI is InChI=1S/C16H21NO2S/c1-16(17,11-13-5-4-8-20-13)10-12-6-7-14(18-2)15(9-12)19-3/h4-9H,10-11,17H2,1-3H3. The molecule has 2 aromatic rings. The van der Waals surface area contributed by atoms with Gasteiger partial charge in [-0.25, -0.2) is 0 Å². The molecule has 1 aromatic carbocycles. The Labute approximate surface area is 124 Å². The van der Waals surface area contributed by atoms with Gasteiger partial charge in [-0.15, -0.1) is 11.3 Å². The van der Waals surface area contributed by atoms with Crippen molar-refractivity contribution in [3.8, 4) is 11.5 Å². The maximum atomic E-state index is 6.44.